The number of carbonyl (C=O) groups is 3. The summed E-state index contributed by atoms with van der Waals surface area (Å²) in [5.74, 6) is -0.624. The summed E-state index contributed by atoms with van der Waals surface area (Å²) in [6, 6.07) is 2.03. The van der Waals surface area contributed by atoms with Crippen LogP contribution in [-0.2, 0) is 46.3 Å². The Morgan fingerprint density at radius 2 is 1.06 bits per heavy atom. The van der Waals surface area contributed by atoms with Crippen LogP contribution in [0.2, 0.25) is 25.2 Å². The fourth-order valence-electron chi connectivity index (χ4n) is 4.16. The fourth-order valence-corrected chi connectivity index (χ4v) is 9.13. The molecule has 280 valence electrons. The molecule has 0 aromatic rings. The third-order valence-corrected chi connectivity index (χ3v) is 12.6. The van der Waals surface area contributed by atoms with Gasteiger partial charge in [-0.05, 0) is 92.5 Å². The van der Waals surface area contributed by atoms with E-state index in [1.807, 2.05) is 27.7 Å². The highest BCUT2D eigenvalue weighted by atomic mass is 28.4. The molecule has 14 heteroatoms. The summed E-state index contributed by atoms with van der Waals surface area (Å²) in [4.78, 5) is 33.6. The van der Waals surface area contributed by atoms with E-state index in [9.17, 15) is 14.4 Å². The van der Waals surface area contributed by atoms with Gasteiger partial charge in [0.25, 0.3) is 6.26 Å². The summed E-state index contributed by atoms with van der Waals surface area (Å²) in [5, 5.41) is 7.91. The molecule has 0 spiro atoms. The number of ether oxygens (including phenoxy) is 3. The molecule has 0 unspecified atom stereocenters. The topological polar surface area (TPSA) is 166 Å². The van der Waals surface area contributed by atoms with E-state index in [2.05, 4.69) is 35.7 Å². The van der Waals surface area contributed by atoms with Gasteiger partial charge in [-0.2, -0.15) is 5.26 Å². The molecule has 0 amide bonds. The molecular weight excluding hydrogens is 653 g/mol. The summed E-state index contributed by atoms with van der Waals surface area (Å²) in [7, 11) is -3.86. The first-order chi connectivity index (χ1) is 22.7. The Morgan fingerprint density at radius 1 is 0.646 bits per heavy atom. The van der Waals surface area contributed by atoms with Gasteiger partial charge in [-0.15, -0.1) is 0 Å². The maximum absolute atomic E-state index is 11.8. The first-order valence-corrected chi connectivity index (χ1v) is 22.2. The summed E-state index contributed by atoms with van der Waals surface area (Å²) in [6.07, 6.45) is 8.24. The SMILES string of the molecule is C=C(C)C(=O)OCCCC(=O)CCCCC[Si](C)(OCC)OCC.C=C(C)C(=O)OCCOC#N.CCO[Si](C)(CCCCN)OCC. The number of nitrogens with zero attached hydrogens (tertiary/aromatic N) is 1. The van der Waals surface area contributed by atoms with Crippen LogP contribution in [0, 0.1) is 11.5 Å². The molecule has 0 aliphatic heterocycles. The van der Waals surface area contributed by atoms with Crippen LogP contribution in [0.1, 0.15) is 92.9 Å². The molecule has 0 aliphatic rings. The number of ketones is 1. The number of esters is 2. The number of hydrogen-bond acceptors (Lipinski definition) is 12. The van der Waals surface area contributed by atoms with Gasteiger partial charge in [0, 0.05) is 50.4 Å². The van der Waals surface area contributed by atoms with E-state index in [1.54, 1.807) is 13.8 Å². The lowest BCUT2D eigenvalue weighted by Gasteiger charge is -2.25. The number of nitriles is 1. The second kappa shape index (κ2) is 33.1. The van der Waals surface area contributed by atoms with Gasteiger partial charge in [-0.3, -0.25) is 4.79 Å². The lowest BCUT2D eigenvalue weighted by Crippen LogP contribution is -2.38. The van der Waals surface area contributed by atoms with Crippen molar-refractivity contribution in [1.29, 1.82) is 5.26 Å². The zero-order valence-electron chi connectivity index (χ0n) is 31.2. The van der Waals surface area contributed by atoms with Crippen LogP contribution < -0.4 is 5.73 Å². The molecule has 0 aliphatic carbocycles. The average molecular weight is 719 g/mol. The highest BCUT2D eigenvalue weighted by Gasteiger charge is 2.30. The Kier molecular flexibility index (Phi) is 34.5. The number of carbonyl (C=O) groups excluding carboxylic acids is 3. The van der Waals surface area contributed by atoms with Crippen molar-refractivity contribution >= 4 is 34.8 Å². The molecular formula is C34H66N2O10Si2. The second-order valence-corrected chi connectivity index (χ2v) is 17.9. The molecule has 0 rings (SSSR count). The van der Waals surface area contributed by atoms with Crippen molar-refractivity contribution in [3.8, 4) is 6.26 Å². The van der Waals surface area contributed by atoms with Crippen LogP contribution >= 0.6 is 0 Å². The van der Waals surface area contributed by atoms with Crippen LogP contribution in [-0.4, -0.2) is 87.6 Å². The van der Waals surface area contributed by atoms with Gasteiger partial charge in [-0.25, -0.2) is 9.59 Å². The normalized spacial score (nSPS) is 10.8. The van der Waals surface area contributed by atoms with Crippen LogP contribution in [0.5, 0.6) is 0 Å². The molecule has 0 atom stereocenters. The van der Waals surface area contributed by atoms with Gasteiger partial charge in [0.15, 0.2) is 0 Å². The summed E-state index contributed by atoms with van der Waals surface area (Å²) in [6.45, 7) is 26.4. The molecule has 0 radical (unpaired) electrons. The van der Waals surface area contributed by atoms with E-state index in [1.165, 1.54) is 6.26 Å². The molecule has 0 aromatic heterocycles. The zero-order chi connectivity index (χ0) is 37.3. The van der Waals surface area contributed by atoms with Gasteiger partial charge in [0.1, 0.15) is 19.0 Å². The monoisotopic (exact) mass is 718 g/mol. The Labute approximate surface area is 293 Å². The standard InChI is InChI=1S/C18H34O5Si.C9H23NO2Si.C7H9NO3/c1-6-22-24(5,23-7-2)15-10-8-9-12-17(19)13-11-14-21-18(20)16(3)4;1-4-11-13(3,12-5-2)9-7-6-8-10;1-6(2)7(9)11-4-3-10-5-8/h3,6-15H2,1-2,4-5H3;4-10H2,1-3H3;1,3-4H2,2H3. The van der Waals surface area contributed by atoms with Gasteiger partial charge in [0.2, 0.25) is 0 Å². The number of unbranched alkanes of at least 4 members (excludes halogenated alkanes) is 3. The van der Waals surface area contributed by atoms with Crippen molar-refractivity contribution in [2.24, 2.45) is 5.73 Å². The highest BCUT2D eigenvalue weighted by Crippen LogP contribution is 2.19. The van der Waals surface area contributed by atoms with Crippen molar-refractivity contribution < 1.29 is 46.3 Å². The van der Waals surface area contributed by atoms with Gasteiger partial charge >= 0.3 is 29.1 Å². The number of nitrogens with two attached hydrogens (primary N) is 1. The lowest BCUT2D eigenvalue weighted by atomic mass is 10.1. The van der Waals surface area contributed by atoms with Crippen molar-refractivity contribution in [2.45, 2.75) is 118 Å². The molecule has 12 nitrogen and oxygen atoms in total. The molecule has 0 fully saturated rings. The first-order valence-electron chi connectivity index (χ1n) is 17.1. The number of rotatable bonds is 27. The zero-order valence-corrected chi connectivity index (χ0v) is 33.2. The van der Waals surface area contributed by atoms with Crippen LogP contribution in [0.3, 0.4) is 0 Å². The quantitative estimate of drug-likeness (QED) is 0.0317. The predicted molar refractivity (Wildman–Crippen MR) is 193 cm³/mol. The highest BCUT2D eigenvalue weighted by molar-refractivity contribution is 6.66. The van der Waals surface area contributed by atoms with Crippen molar-refractivity contribution in [1.82, 2.24) is 0 Å². The van der Waals surface area contributed by atoms with Crippen molar-refractivity contribution in [3.63, 3.8) is 0 Å². The molecule has 2 N–H and O–H groups in total. The molecule has 0 saturated heterocycles. The van der Waals surface area contributed by atoms with Crippen LogP contribution in [0.25, 0.3) is 0 Å². The third kappa shape index (κ3) is 32.2. The Morgan fingerprint density at radius 3 is 1.46 bits per heavy atom. The number of hydrogen-bond donors (Lipinski definition) is 1. The average Bonchev–Trinajstić information content (AvgIpc) is 3.02. The maximum atomic E-state index is 11.8. The predicted octanol–water partition coefficient (Wildman–Crippen LogP) is 6.63. The number of Topliss-reactive ketones (excluding diaryl/α,β-unsaturated/α-hetero) is 1. The summed E-state index contributed by atoms with van der Waals surface area (Å²) >= 11 is 0. The molecule has 0 aromatic carbocycles. The second-order valence-electron chi connectivity index (χ2n) is 11.2. The third-order valence-electron chi connectivity index (χ3n) is 6.48. The maximum Gasteiger partial charge on any atom is 0.334 e. The van der Waals surface area contributed by atoms with Gasteiger partial charge < -0.3 is 37.6 Å². The van der Waals surface area contributed by atoms with Crippen molar-refractivity contribution in [2.75, 3.05) is 52.8 Å². The Bertz CT molecular complexity index is 916. The minimum Gasteiger partial charge on any atom is -0.462 e. The lowest BCUT2D eigenvalue weighted by molar-refractivity contribution is -0.140. The fraction of sp³-hybridized carbons (Fsp3) is 0.765. The largest absolute Gasteiger partial charge is 0.462 e. The summed E-state index contributed by atoms with van der Waals surface area (Å²) < 4.78 is 36.8. The van der Waals surface area contributed by atoms with E-state index in [0.29, 0.717) is 43.6 Å². The van der Waals surface area contributed by atoms with Crippen LogP contribution in [0.15, 0.2) is 24.3 Å². The molecule has 48 heavy (non-hydrogen) atoms. The van der Waals surface area contributed by atoms with E-state index < -0.39 is 29.1 Å². The van der Waals surface area contributed by atoms with E-state index >= 15 is 0 Å². The van der Waals surface area contributed by atoms with E-state index in [-0.39, 0.29) is 25.6 Å². The Hall–Kier alpha value is -2.39. The minimum atomic E-state index is -2.01. The molecule has 0 heterocycles. The van der Waals surface area contributed by atoms with Gasteiger partial charge in [0.05, 0.1) is 6.61 Å². The van der Waals surface area contributed by atoms with Crippen molar-refractivity contribution in [3.05, 3.63) is 24.3 Å². The van der Waals surface area contributed by atoms with E-state index in [4.69, 9.17) is 33.4 Å². The molecule has 0 bridgehead atoms. The van der Waals surface area contributed by atoms with Gasteiger partial charge in [-0.1, -0.05) is 32.4 Å². The summed E-state index contributed by atoms with van der Waals surface area (Å²) in [5.41, 5.74) is 6.16. The Balaban J connectivity index is -0.000000707. The molecule has 0 saturated carbocycles. The van der Waals surface area contributed by atoms with E-state index in [0.717, 1.165) is 64.0 Å². The smallest absolute Gasteiger partial charge is 0.334 e. The minimum absolute atomic E-state index is 0.0826. The van der Waals surface area contributed by atoms with Crippen LogP contribution in [0.4, 0.5) is 0 Å². The first kappa shape index (κ1) is 50.0.